The quantitative estimate of drug-likeness (QED) is 0.900. The van der Waals surface area contributed by atoms with Crippen LogP contribution in [0.1, 0.15) is 12.2 Å². The Morgan fingerprint density at radius 1 is 1.32 bits per heavy atom. The maximum Gasteiger partial charge on any atom is 0.453 e. The van der Waals surface area contributed by atoms with Crippen molar-refractivity contribution >= 4 is 21.3 Å². The van der Waals surface area contributed by atoms with Gasteiger partial charge in [0.1, 0.15) is 5.82 Å². The molecule has 0 aromatic carbocycles. The first-order valence-electron chi connectivity index (χ1n) is 6.48. The molecule has 1 aliphatic heterocycles. The number of alkyl halides is 3. The van der Waals surface area contributed by atoms with Gasteiger partial charge in [-0.25, -0.2) is 8.42 Å². The molecule has 3 heterocycles. The van der Waals surface area contributed by atoms with Gasteiger partial charge in [0, 0.05) is 6.54 Å². The number of rotatable bonds is 3. The highest BCUT2D eigenvalue weighted by molar-refractivity contribution is 7.91. The molecule has 22 heavy (non-hydrogen) atoms. The Balaban J connectivity index is 1.77. The van der Waals surface area contributed by atoms with E-state index in [2.05, 4.69) is 20.6 Å². The molecule has 0 unspecified atom stereocenters. The summed E-state index contributed by atoms with van der Waals surface area (Å²) < 4.78 is 61.6. The minimum atomic E-state index is -4.65. The number of fused-ring (bicyclic) bond motifs is 1. The van der Waals surface area contributed by atoms with Gasteiger partial charge in [-0.05, 0) is 24.5 Å². The van der Waals surface area contributed by atoms with Gasteiger partial charge in [-0.1, -0.05) is 0 Å². The van der Waals surface area contributed by atoms with Gasteiger partial charge >= 0.3 is 6.18 Å². The summed E-state index contributed by atoms with van der Waals surface area (Å²) in [5, 5.41) is 13.2. The number of nitrogens with one attached hydrogen (secondary N) is 1. The van der Waals surface area contributed by atoms with E-state index >= 15 is 0 Å². The lowest BCUT2D eigenvalue weighted by atomic mass is 10.1. The van der Waals surface area contributed by atoms with E-state index in [1.807, 2.05) is 0 Å². The predicted octanol–water partition coefficient (Wildman–Crippen LogP) is 0.990. The SMILES string of the molecule is O=S1(=O)CC[C@@H](CNc2ccc3nnc(C(F)(F)F)n3n2)C1. The first kappa shape index (κ1) is 15.0. The molecular formula is C11H12F3N5O2S. The molecule has 1 atom stereocenters. The summed E-state index contributed by atoms with van der Waals surface area (Å²) in [5.41, 5.74) is -0.0127. The highest BCUT2D eigenvalue weighted by atomic mass is 32.2. The van der Waals surface area contributed by atoms with Gasteiger partial charge in [0.2, 0.25) is 0 Å². The lowest BCUT2D eigenvalue weighted by molar-refractivity contribution is -0.146. The van der Waals surface area contributed by atoms with E-state index in [9.17, 15) is 21.6 Å². The van der Waals surface area contributed by atoms with Crippen molar-refractivity contribution in [3.8, 4) is 0 Å². The monoisotopic (exact) mass is 335 g/mol. The highest BCUT2D eigenvalue weighted by Crippen LogP contribution is 2.27. The third-order valence-corrected chi connectivity index (χ3v) is 5.25. The van der Waals surface area contributed by atoms with Gasteiger partial charge in [-0.15, -0.1) is 15.3 Å². The van der Waals surface area contributed by atoms with Crippen LogP contribution in [0.4, 0.5) is 19.0 Å². The third kappa shape index (κ3) is 2.98. The minimum Gasteiger partial charge on any atom is -0.368 e. The fourth-order valence-corrected chi connectivity index (χ4v) is 4.20. The van der Waals surface area contributed by atoms with Crippen molar-refractivity contribution in [3.63, 3.8) is 0 Å². The van der Waals surface area contributed by atoms with E-state index in [0.717, 1.165) is 0 Å². The van der Waals surface area contributed by atoms with Gasteiger partial charge in [0.15, 0.2) is 15.5 Å². The molecule has 2 aromatic heterocycles. The van der Waals surface area contributed by atoms with E-state index < -0.39 is 21.8 Å². The number of sulfone groups is 1. The molecule has 1 N–H and O–H groups in total. The van der Waals surface area contributed by atoms with Crippen molar-refractivity contribution in [1.29, 1.82) is 0 Å². The molecule has 0 aliphatic carbocycles. The van der Waals surface area contributed by atoms with Crippen molar-refractivity contribution in [2.75, 3.05) is 23.4 Å². The normalized spacial score (nSPS) is 21.3. The van der Waals surface area contributed by atoms with Crippen LogP contribution < -0.4 is 5.32 Å². The molecule has 0 spiro atoms. The Kier molecular flexibility index (Phi) is 3.46. The molecule has 1 fully saturated rings. The van der Waals surface area contributed by atoms with Crippen LogP contribution in [0.3, 0.4) is 0 Å². The average Bonchev–Trinajstić information content (AvgIpc) is 2.98. The second-order valence-corrected chi connectivity index (χ2v) is 7.39. The van der Waals surface area contributed by atoms with Gasteiger partial charge in [0.25, 0.3) is 5.82 Å². The van der Waals surface area contributed by atoms with E-state index in [-0.39, 0.29) is 28.9 Å². The number of anilines is 1. The van der Waals surface area contributed by atoms with Crippen LogP contribution in [0.15, 0.2) is 12.1 Å². The zero-order valence-corrected chi connectivity index (χ0v) is 12.0. The molecule has 0 bridgehead atoms. The number of hydrogen-bond acceptors (Lipinski definition) is 6. The molecule has 0 radical (unpaired) electrons. The second kappa shape index (κ2) is 5.07. The Labute approximate surface area is 123 Å². The molecule has 2 aromatic rings. The van der Waals surface area contributed by atoms with Gasteiger partial charge in [-0.2, -0.15) is 17.7 Å². The van der Waals surface area contributed by atoms with Gasteiger partial charge < -0.3 is 5.32 Å². The molecular weight excluding hydrogens is 323 g/mol. The molecule has 7 nitrogen and oxygen atoms in total. The Bertz CT molecular complexity index is 802. The molecule has 1 aliphatic rings. The van der Waals surface area contributed by atoms with Crippen molar-refractivity contribution in [2.45, 2.75) is 12.6 Å². The number of hydrogen-bond donors (Lipinski definition) is 1. The molecule has 0 amide bonds. The average molecular weight is 335 g/mol. The van der Waals surface area contributed by atoms with Crippen molar-refractivity contribution in [3.05, 3.63) is 18.0 Å². The van der Waals surface area contributed by atoms with E-state index in [1.54, 1.807) is 0 Å². The van der Waals surface area contributed by atoms with Crippen molar-refractivity contribution < 1.29 is 21.6 Å². The molecule has 1 saturated heterocycles. The smallest absolute Gasteiger partial charge is 0.368 e. The number of nitrogens with zero attached hydrogens (tertiary/aromatic N) is 4. The fraction of sp³-hybridized carbons (Fsp3) is 0.545. The van der Waals surface area contributed by atoms with Crippen LogP contribution >= 0.6 is 0 Å². The zero-order valence-electron chi connectivity index (χ0n) is 11.2. The van der Waals surface area contributed by atoms with Gasteiger partial charge in [-0.3, -0.25) is 0 Å². The largest absolute Gasteiger partial charge is 0.453 e. The topological polar surface area (TPSA) is 89.2 Å². The van der Waals surface area contributed by atoms with Crippen LogP contribution in [0.25, 0.3) is 5.65 Å². The minimum absolute atomic E-state index is 0.0127. The summed E-state index contributed by atoms with van der Waals surface area (Å²) in [6, 6.07) is 2.84. The second-order valence-electron chi connectivity index (χ2n) is 5.16. The maximum atomic E-state index is 12.7. The lowest BCUT2D eigenvalue weighted by Crippen LogP contribution is -2.18. The van der Waals surface area contributed by atoms with E-state index in [0.29, 0.717) is 17.5 Å². The summed E-state index contributed by atoms with van der Waals surface area (Å²) >= 11 is 0. The Hall–Kier alpha value is -1.91. The lowest BCUT2D eigenvalue weighted by Gasteiger charge is -2.10. The number of halogens is 3. The molecule has 3 rings (SSSR count). The third-order valence-electron chi connectivity index (χ3n) is 3.41. The summed E-state index contributed by atoms with van der Waals surface area (Å²) in [4.78, 5) is 0. The van der Waals surface area contributed by atoms with Gasteiger partial charge in [0.05, 0.1) is 11.5 Å². The Morgan fingerprint density at radius 2 is 2.09 bits per heavy atom. The van der Waals surface area contributed by atoms with Crippen LogP contribution in [-0.2, 0) is 16.0 Å². The summed E-state index contributed by atoms with van der Waals surface area (Å²) in [6.07, 6.45) is -4.11. The zero-order chi connectivity index (χ0) is 16.0. The first-order chi connectivity index (χ1) is 10.2. The van der Waals surface area contributed by atoms with E-state index in [4.69, 9.17) is 0 Å². The van der Waals surface area contributed by atoms with Crippen LogP contribution in [0.2, 0.25) is 0 Å². The first-order valence-corrected chi connectivity index (χ1v) is 8.31. The predicted molar refractivity (Wildman–Crippen MR) is 71.0 cm³/mol. The molecule has 120 valence electrons. The Morgan fingerprint density at radius 3 is 2.73 bits per heavy atom. The van der Waals surface area contributed by atoms with E-state index in [1.165, 1.54) is 12.1 Å². The summed E-state index contributed by atoms with van der Waals surface area (Å²) in [6.45, 7) is 0.335. The van der Waals surface area contributed by atoms with Crippen molar-refractivity contribution in [2.24, 2.45) is 5.92 Å². The van der Waals surface area contributed by atoms with Crippen LogP contribution in [0.5, 0.6) is 0 Å². The van der Waals surface area contributed by atoms with Crippen LogP contribution in [0, 0.1) is 5.92 Å². The fourth-order valence-electron chi connectivity index (χ4n) is 2.34. The maximum absolute atomic E-state index is 12.7. The molecule has 11 heteroatoms. The van der Waals surface area contributed by atoms with Crippen LogP contribution in [-0.4, -0.2) is 46.3 Å². The summed E-state index contributed by atoms with van der Waals surface area (Å²) in [7, 11) is -2.99. The standard InChI is InChI=1S/C11H12F3N5O2S/c12-11(13,14)10-17-16-9-2-1-8(18-19(9)10)15-5-7-3-4-22(20,21)6-7/h1-2,7H,3-6H2,(H,15,18)/t7-/m0/s1. The highest BCUT2D eigenvalue weighted by Gasteiger charge is 2.37. The summed E-state index contributed by atoms with van der Waals surface area (Å²) in [5.74, 6) is -0.819. The molecule has 0 saturated carbocycles. The van der Waals surface area contributed by atoms with Crippen molar-refractivity contribution in [1.82, 2.24) is 19.8 Å². The number of aromatic nitrogens is 4.